The Bertz CT molecular complexity index is 337. The van der Waals surface area contributed by atoms with Crippen LogP contribution in [0.15, 0.2) is 11.6 Å². The van der Waals surface area contributed by atoms with Crippen LogP contribution in [0.2, 0.25) is 0 Å². The van der Waals surface area contributed by atoms with Gasteiger partial charge in [0.15, 0.2) is 0 Å². The first kappa shape index (κ1) is 13.5. The van der Waals surface area contributed by atoms with E-state index in [2.05, 4.69) is 5.32 Å². The molecule has 1 aliphatic heterocycles. The van der Waals surface area contributed by atoms with Crippen LogP contribution in [0.1, 0.15) is 27.2 Å². The minimum absolute atomic E-state index is 0.126. The number of aliphatic carboxylic acids is 1. The molecule has 0 radical (unpaired) electrons. The Balaban J connectivity index is 2.56. The van der Waals surface area contributed by atoms with Gasteiger partial charge in [-0.05, 0) is 19.3 Å². The van der Waals surface area contributed by atoms with Gasteiger partial charge in [0, 0.05) is 13.1 Å². The van der Waals surface area contributed by atoms with Crippen molar-refractivity contribution in [3.05, 3.63) is 11.6 Å². The highest BCUT2D eigenvalue weighted by atomic mass is 16.4. The minimum atomic E-state index is -0.989. The van der Waals surface area contributed by atoms with Crippen LogP contribution in [0, 0.1) is 5.92 Å². The van der Waals surface area contributed by atoms with Gasteiger partial charge in [0.25, 0.3) is 0 Å². The van der Waals surface area contributed by atoms with Crippen molar-refractivity contribution in [2.45, 2.75) is 33.2 Å². The molecule has 0 fully saturated rings. The molecule has 0 bridgehead atoms. The number of carbonyl (C=O) groups is 2. The third kappa shape index (κ3) is 3.76. The summed E-state index contributed by atoms with van der Waals surface area (Å²) in [4.78, 5) is 24.4. The maximum atomic E-state index is 11.8. The molecule has 1 atom stereocenters. The van der Waals surface area contributed by atoms with Crippen LogP contribution in [0.4, 0.5) is 4.79 Å². The molecular formula is C12H20N2O3. The molecule has 17 heavy (non-hydrogen) atoms. The molecule has 1 heterocycles. The fourth-order valence-electron chi connectivity index (χ4n) is 1.69. The lowest BCUT2D eigenvalue weighted by molar-refractivity contribution is -0.140. The molecule has 0 aromatic heterocycles. The van der Waals surface area contributed by atoms with E-state index in [0.29, 0.717) is 13.1 Å². The number of nitrogens with one attached hydrogen (secondary N) is 1. The summed E-state index contributed by atoms with van der Waals surface area (Å²) in [5.41, 5.74) is 1.27. The Morgan fingerprint density at radius 2 is 2.12 bits per heavy atom. The number of amides is 2. The van der Waals surface area contributed by atoms with Crippen LogP contribution in [0.25, 0.3) is 0 Å². The van der Waals surface area contributed by atoms with Crippen LogP contribution >= 0.6 is 0 Å². The van der Waals surface area contributed by atoms with E-state index in [4.69, 9.17) is 5.11 Å². The maximum Gasteiger partial charge on any atom is 0.326 e. The van der Waals surface area contributed by atoms with Crippen molar-refractivity contribution in [2.75, 3.05) is 13.1 Å². The number of rotatable bonds is 3. The highest BCUT2D eigenvalue weighted by Crippen LogP contribution is 2.10. The van der Waals surface area contributed by atoms with E-state index >= 15 is 0 Å². The molecule has 0 spiro atoms. The van der Waals surface area contributed by atoms with Gasteiger partial charge in [0.2, 0.25) is 0 Å². The number of hydrogen-bond donors (Lipinski definition) is 2. The average molecular weight is 240 g/mol. The Kier molecular flexibility index (Phi) is 4.54. The molecule has 1 aliphatic rings. The summed E-state index contributed by atoms with van der Waals surface area (Å²) in [6.07, 6.45) is 2.85. The fourth-order valence-corrected chi connectivity index (χ4v) is 1.69. The lowest BCUT2D eigenvalue weighted by Gasteiger charge is -2.28. The van der Waals surface area contributed by atoms with Crippen molar-refractivity contribution in [3.8, 4) is 0 Å². The molecule has 2 N–H and O–H groups in total. The summed E-state index contributed by atoms with van der Waals surface area (Å²) in [5, 5.41) is 11.5. The molecule has 0 saturated heterocycles. The van der Waals surface area contributed by atoms with Crippen LogP contribution < -0.4 is 5.32 Å². The summed E-state index contributed by atoms with van der Waals surface area (Å²) >= 11 is 0. The van der Waals surface area contributed by atoms with Crippen molar-refractivity contribution >= 4 is 12.0 Å². The Hall–Kier alpha value is -1.52. The van der Waals surface area contributed by atoms with E-state index in [0.717, 1.165) is 6.42 Å². The number of urea groups is 1. The molecule has 0 aromatic carbocycles. The van der Waals surface area contributed by atoms with Crippen LogP contribution in [0.3, 0.4) is 0 Å². The van der Waals surface area contributed by atoms with Crippen molar-refractivity contribution < 1.29 is 14.7 Å². The van der Waals surface area contributed by atoms with Gasteiger partial charge in [-0.2, -0.15) is 0 Å². The van der Waals surface area contributed by atoms with Gasteiger partial charge in [-0.1, -0.05) is 25.5 Å². The first-order valence-corrected chi connectivity index (χ1v) is 5.85. The molecule has 1 rings (SSSR count). The van der Waals surface area contributed by atoms with E-state index in [1.165, 1.54) is 5.57 Å². The smallest absolute Gasteiger partial charge is 0.326 e. The molecule has 5 nitrogen and oxygen atoms in total. The first-order valence-electron chi connectivity index (χ1n) is 5.85. The van der Waals surface area contributed by atoms with Crippen molar-refractivity contribution in [2.24, 2.45) is 5.92 Å². The highest BCUT2D eigenvalue weighted by molar-refractivity contribution is 5.82. The van der Waals surface area contributed by atoms with Gasteiger partial charge in [0.1, 0.15) is 6.04 Å². The topological polar surface area (TPSA) is 69.6 Å². The largest absolute Gasteiger partial charge is 0.480 e. The van der Waals surface area contributed by atoms with Crippen LogP contribution in [-0.4, -0.2) is 41.1 Å². The molecule has 0 aromatic rings. The van der Waals surface area contributed by atoms with Gasteiger partial charge < -0.3 is 15.3 Å². The van der Waals surface area contributed by atoms with Gasteiger partial charge in [-0.25, -0.2) is 9.59 Å². The van der Waals surface area contributed by atoms with E-state index < -0.39 is 12.0 Å². The summed E-state index contributed by atoms with van der Waals surface area (Å²) in [5.74, 6) is -1.12. The Labute approximate surface area is 101 Å². The molecule has 0 aliphatic carbocycles. The fraction of sp³-hybridized carbons (Fsp3) is 0.667. The van der Waals surface area contributed by atoms with E-state index in [1.54, 1.807) is 18.7 Å². The number of carboxylic acid groups (broad SMARTS) is 1. The molecule has 0 saturated carbocycles. The monoisotopic (exact) mass is 240 g/mol. The molecule has 0 unspecified atom stereocenters. The van der Waals surface area contributed by atoms with E-state index in [-0.39, 0.29) is 11.9 Å². The van der Waals surface area contributed by atoms with Crippen molar-refractivity contribution in [1.82, 2.24) is 10.2 Å². The average Bonchev–Trinajstić information content (AvgIpc) is 2.25. The quantitative estimate of drug-likeness (QED) is 0.734. The summed E-state index contributed by atoms with van der Waals surface area (Å²) in [6.45, 7) is 6.79. The molecule has 96 valence electrons. The standard InChI is InChI=1S/C12H20N2O3/c1-8(2)10(11(15)16)13-12(17)14-6-4-9(3)5-7-14/h4,8,10H,5-7H2,1-3H3,(H,13,17)(H,15,16)/t10-/m0/s1. The summed E-state index contributed by atoms with van der Waals surface area (Å²) < 4.78 is 0. The second-order valence-corrected chi connectivity index (χ2v) is 4.76. The van der Waals surface area contributed by atoms with E-state index in [1.807, 2.05) is 13.0 Å². The number of carboxylic acids is 1. The van der Waals surface area contributed by atoms with Gasteiger partial charge >= 0.3 is 12.0 Å². The Morgan fingerprint density at radius 3 is 2.53 bits per heavy atom. The van der Waals surface area contributed by atoms with Crippen LogP contribution in [-0.2, 0) is 4.79 Å². The molecular weight excluding hydrogens is 220 g/mol. The third-order valence-electron chi connectivity index (χ3n) is 2.94. The van der Waals surface area contributed by atoms with E-state index in [9.17, 15) is 9.59 Å². The second-order valence-electron chi connectivity index (χ2n) is 4.76. The lowest BCUT2D eigenvalue weighted by Crippen LogP contribution is -2.51. The zero-order chi connectivity index (χ0) is 13.0. The lowest BCUT2D eigenvalue weighted by atomic mass is 10.1. The molecule has 2 amide bonds. The number of hydrogen-bond acceptors (Lipinski definition) is 2. The Morgan fingerprint density at radius 1 is 1.47 bits per heavy atom. The maximum absolute atomic E-state index is 11.8. The number of carbonyl (C=O) groups excluding carboxylic acids is 1. The second kappa shape index (κ2) is 5.70. The minimum Gasteiger partial charge on any atom is -0.480 e. The SMILES string of the molecule is CC1=CCN(C(=O)N[C@H](C(=O)O)C(C)C)CC1. The predicted octanol–water partition coefficient (Wildman–Crippen LogP) is 1.46. The van der Waals surface area contributed by atoms with Gasteiger partial charge in [0.05, 0.1) is 0 Å². The van der Waals surface area contributed by atoms with Crippen molar-refractivity contribution in [1.29, 1.82) is 0 Å². The first-order chi connectivity index (χ1) is 7.91. The third-order valence-corrected chi connectivity index (χ3v) is 2.94. The van der Waals surface area contributed by atoms with Gasteiger partial charge in [-0.3, -0.25) is 0 Å². The highest BCUT2D eigenvalue weighted by Gasteiger charge is 2.26. The predicted molar refractivity (Wildman–Crippen MR) is 64.7 cm³/mol. The summed E-state index contributed by atoms with van der Waals surface area (Å²) in [6, 6.07) is -1.12. The zero-order valence-corrected chi connectivity index (χ0v) is 10.6. The van der Waals surface area contributed by atoms with Crippen LogP contribution in [0.5, 0.6) is 0 Å². The molecule has 5 heteroatoms. The zero-order valence-electron chi connectivity index (χ0n) is 10.6. The van der Waals surface area contributed by atoms with Gasteiger partial charge in [-0.15, -0.1) is 0 Å². The summed E-state index contributed by atoms with van der Waals surface area (Å²) in [7, 11) is 0. The number of nitrogens with zero attached hydrogens (tertiary/aromatic N) is 1. The normalized spacial score (nSPS) is 17.6. The van der Waals surface area contributed by atoms with Crippen molar-refractivity contribution in [3.63, 3.8) is 0 Å².